The molecule has 0 saturated carbocycles. The predicted molar refractivity (Wildman–Crippen MR) is 272 cm³/mol. The van der Waals surface area contributed by atoms with E-state index in [0.29, 0.717) is 56.0 Å². The second-order valence-electron chi connectivity index (χ2n) is 15.9. The van der Waals surface area contributed by atoms with Gasteiger partial charge in [-0.05, 0) is 113 Å². The SMILES string of the molecule is [2H]c1c([2H])c([2H])c2c(c1[2H])c1ccc(Oc3cccc(N4CN(c5c(-c6ccc(-c7ccccc7C([2H])([2H])[2H])cc6)cccc5-c5ccc(C(C([2H])([2H])[2H])(C([2H])([2H])[2H])C([2H])([2H])[2H])cc5)c5ccccc54)c3)cc1n2-c1cc(C([2H])([2H])[2H])ccn1. The number of hydrogen-bond donors (Lipinski definition) is 0. The number of fused-ring (bicyclic) bond motifs is 4. The molecule has 0 spiro atoms. The summed E-state index contributed by atoms with van der Waals surface area (Å²) < 4.78 is 167. The van der Waals surface area contributed by atoms with Crippen molar-refractivity contribution in [3.63, 3.8) is 0 Å². The summed E-state index contributed by atoms with van der Waals surface area (Å²) in [7, 11) is 0. The Hall–Kier alpha value is -7.89. The Labute approximate surface area is 408 Å². The Morgan fingerprint density at radius 2 is 1.25 bits per heavy atom. The molecule has 5 heteroatoms. The standard InChI is InChI=1S/C60H50N4O/c1-40-34-35-61-58(36-40)64-54-21-9-8-18-52(54)53-33-32-48(38-57(53)64)65-47-16-12-15-46(37-47)62-39-63(56-23-11-10-22-55(56)62)59-50(43-26-24-42(25-27-43)49-17-7-6-14-41(49)2)19-13-20-51(59)44-28-30-45(31-29-44)60(3,4)5/h6-38H,39H2,1-5H3/i1D3,2D3,3D3,4D3,5D3,8D,9D,18D,21D. The summed E-state index contributed by atoms with van der Waals surface area (Å²) in [5, 5.41) is 0.671. The van der Waals surface area contributed by atoms with Gasteiger partial charge < -0.3 is 14.5 Å². The van der Waals surface area contributed by atoms with E-state index in [9.17, 15) is 0 Å². The largest absolute Gasteiger partial charge is 0.457 e. The summed E-state index contributed by atoms with van der Waals surface area (Å²) in [6.45, 7) is -15.1. The fourth-order valence-corrected chi connectivity index (χ4v) is 8.78. The summed E-state index contributed by atoms with van der Waals surface area (Å²) in [6, 6.07) is 46.9. The molecule has 0 saturated heterocycles. The molecule has 0 radical (unpaired) electrons. The van der Waals surface area contributed by atoms with Crippen molar-refractivity contribution in [2.45, 2.75) is 39.7 Å². The van der Waals surface area contributed by atoms with E-state index in [-0.39, 0.29) is 46.6 Å². The first-order valence-corrected chi connectivity index (χ1v) is 20.9. The normalized spacial score (nSPS) is 17.8. The third-order valence-electron chi connectivity index (χ3n) is 11.8. The number of hydrogen-bond acceptors (Lipinski definition) is 4. The van der Waals surface area contributed by atoms with Crippen LogP contribution in [0.4, 0.5) is 22.7 Å². The van der Waals surface area contributed by atoms with Gasteiger partial charge >= 0.3 is 0 Å². The fraction of sp³-hybridized carbons (Fsp3) is 0.117. The number of aromatic nitrogens is 2. The Bertz CT molecular complexity index is 4170. The molecule has 10 aromatic rings. The van der Waals surface area contributed by atoms with E-state index in [0.717, 1.165) is 22.5 Å². The molecule has 3 heterocycles. The summed E-state index contributed by atoms with van der Waals surface area (Å²) in [5.74, 6) is 0.847. The van der Waals surface area contributed by atoms with Gasteiger partial charge in [-0.15, -0.1) is 0 Å². The first-order valence-electron chi connectivity index (χ1n) is 30.4. The van der Waals surface area contributed by atoms with Crippen molar-refractivity contribution in [2.75, 3.05) is 16.5 Å². The maximum Gasteiger partial charge on any atom is 0.137 e. The van der Waals surface area contributed by atoms with E-state index in [1.54, 1.807) is 48.5 Å². The molecule has 1 aliphatic rings. The fourth-order valence-electron chi connectivity index (χ4n) is 8.78. The summed E-state index contributed by atoms with van der Waals surface area (Å²) in [4.78, 5) is 8.65. The molecule has 0 atom stereocenters. The van der Waals surface area contributed by atoms with E-state index in [1.807, 2.05) is 84.9 Å². The quantitative estimate of drug-likeness (QED) is 0.152. The van der Waals surface area contributed by atoms with Crippen LogP contribution in [0.15, 0.2) is 200 Å². The highest BCUT2D eigenvalue weighted by Gasteiger charge is 2.31. The smallest absolute Gasteiger partial charge is 0.137 e. The average molecular weight is 862 g/mol. The van der Waals surface area contributed by atoms with Crippen LogP contribution >= 0.6 is 0 Å². The molecule has 0 bridgehead atoms. The number of rotatable bonds is 8. The molecule has 8 aromatic carbocycles. The third kappa shape index (κ3) is 7.29. The van der Waals surface area contributed by atoms with E-state index in [4.69, 9.17) is 30.8 Å². The molecule has 0 N–H and O–H groups in total. The minimum Gasteiger partial charge on any atom is -0.457 e. The maximum atomic E-state index is 8.98. The summed E-state index contributed by atoms with van der Waals surface area (Å²) >= 11 is 0. The van der Waals surface area contributed by atoms with Gasteiger partial charge in [0.25, 0.3) is 0 Å². The van der Waals surface area contributed by atoms with Crippen LogP contribution in [-0.2, 0) is 5.41 Å². The molecule has 11 rings (SSSR count). The molecule has 1 aliphatic heterocycles. The van der Waals surface area contributed by atoms with Crippen molar-refractivity contribution < 1.29 is 30.8 Å². The minimum absolute atomic E-state index is 0.0156. The Balaban J connectivity index is 1.02. The number of ether oxygens (including phenoxy) is 1. The lowest BCUT2D eigenvalue weighted by atomic mass is 9.85. The number of benzene rings is 8. The topological polar surface area (TPSA) is 33.5 Å². The monoisotopic (exact) mass is 862 g/mol. The van der Waals surface area contributed by atoms with Crippen molar-refractivity contribution in [3.8, 4) is 50.7 Å². The molecular weight excluding hydrogens is 793 g/mol. The Kier molecular flexibility index (Phi) is 5.98. The van der Waals surface area contributed by atoms with E-state index in [2.05, 4.69) is 14.8 Å². The lowest BCUT2D eigenvalue weighted by Gasteiger charge is -2.27. The summed E-state index contributed by atoms with van der Waals surface area (Å²) in [5.41, 5.74) is 3.80. The van der Waals surface area contributed by atoms with Crippen LogP contribution in [0.3, 0.4) is 0 Å². The Morgan fingerprint density at radius 1 is 0.569 bits per heavy atom. The highest BCUT2D eigenvalue weighted by atomic mass is 16.5. The highest BCUT2D eigenvalue weighted by Crippen LogP contribution is 2.50. The zero-order valence-electron chi connectivity index (χ0n) is 53.6. The van der Waals surface area contributed by atoms with Crippen molar-refractivity contribution in [1.29, 1.82) is 0 Å². The van der Waals surface area contributed by atoms with Crippen molar-refractivity contribution >= 4 is 44.6 Å². The van der Waals surface area contributed by atoms with E-state index >= 15 is 0 Å². The first-order chi connectivity index (χ1) is 39.5. The van der Waals surface area contributed by atoms with Crippen molar-refractivity contribution in [2.24, 2.45) is 0 Å². The van der Waals surface area contributed by atoms with Gasteiger partial charge in [-0.3, -0.25) is 4.57 Å². The van der Waals surface area contributed by atoms with Crippen LogP contribution in [0.25, 0.3) is 61.0 Å². The van der Waals surface area contributed by atoms with Crippen LogP contribution in [0.5, 0.6) is 11.5 Å². The number of aryl methyl sites for hydroxylation is 2. The van der Waals surface area contributed by atoms with Crippen LogP contribution in [-0.4, -0.2) is 16.2 Å². The number of anilines is 4. The number of para-hydroxylation sites is 4. The van der Waals surface area contributed by atoms with E-state index < -0.39 is 57.3 Å². The third-order valence-corrected chi connectivity index (χ3v) is 11.8. The minimum atomic E-state index is -3.47. The maximum absolute atomic E-state index is 8.98. The van der Waals surface area contributed by atoms with Gasteiger partial charge in [0.1, 0.15) is 24.0 Å². The van der Waals surface area contributed by atoms with Crippen LogP contribution < -0.4 is 14.5 Å². The van der Waals surface area contributed by atoms with E-state index in [1.165, 1.54) is 47.2 Å². The highest BCUT2D eigenvalue weighted by molar-refractivity contribution is 6.09. The zero-order valence-corrected chi connectivity index (χ0v) is 34.6. The lowest BCUT2D eigenvalue weighted by Crippen LogP contribution is -2.25. The van der Waals surface area contributed by atoms with Gasteiger partial charge in [-0.1, -0.05) is 148 Å². The van der Waals surface area contributed by atoms with Gasteiger partial charge in [0, 0.05) is 66.5 Å². The zero-order chi connectivity index (χ0) is 60.2. The summed E-state index contributed by atoms with van der Waals surface area (Å²) in [6.07, 6.45) is 1.34. The van der Waals surface area contributed by atoms with Crippen LogP contribution in [0.1, 0.15) is 63.3 Å². The molecule has 0 fully saturated rings. The molecule has 0 aliphatic carbocycles. The molecule has 0 unspecified atom stereocenters. The molecule has 316 valence electrons. The van der Waals surface area contributed by atoms with Gasteiger partial charge in [0.05, 0.1) is 33.6 Å². The molecule has 2 aromatic heterocycles. The molecular formula is C60H50N4O. The number of pyridine rings is 1. The van der Waals surface area contributed by atoms with Crippen LogP contribution in [0, 0.1) is 13.7 Å². The number of nitrogens with zero attached hydrogens (tertiary/aromatic N) is 4. The van der Waals surface area contributed by atoms with Crippen molar-refractivity contribution in [1.82, 2.24) is 9.55 Å². The van der Waals surface area contributed by atoms with Gasteiger partial charge in [-0.2, -0.15) is 0 Å². The first kappa shape index (κ1) is 24.2. The molecule has 5 nitrogen and oxygen atoms in total. The average Bonchev–Trinajstić information content (AvgIpc) is 1.000. The molecule has 65 heavy (non-hydrogen) atoms. The Morgan fingerprint density at radius 3 is 2.02 bits per heavy atom. The lowest BCUT2D eigenvalue weighted by molar-refractivity contribution is 0.483. The van der Waals surface area contributed by atoms with Gasteiger partial charge in [0.15, 0.2) is 0 Å². The van der Waals surface area contributed by atoms with Crippen molar-refractivity contribution in [3.05, 3.63) is 217 Å². The van der Waals surface area contributed by atoms with Crippen LogP contribution in [0.2, 0.25) is 0 Å². The predicted octanol–water partition coefficient (Wildman–Crippen LogP) is 16.1. The second kappa shape index (κ2) is 16.0. The van der Waals surface area contributed by atoms with Gasteiger partial charge in [0.2, 0.25) is 0 Å². The molecule has 0 amide bonds. The second-order valence-corrected chi connectivity index (χ2v) is 15.9. The van der Waals surface area contributed by atoms with Gasteiger partial charge in [-0.25, -0.2) is 4.98 Å².